The van der Waals surface area contributed by atoms with Gasteiger partial charge < -0.3 is 15.5 Å². The van der Waals surface area contributed by atoms with Gasteiger partial charge >= 0.3 is 11.9 Å². The van der Waals surface area contributed by atoms with Crippen LogP contribution in [0.25, 0.3) is 10.8 Å². The third kappa shape index (κ3) is 6.57. The lowest BCUT2D eigenvalue weighted by atomic mass is 10.1. The molecule has 0 aliphatic carbocycles. The van der Waals surface area contributed by atoms with Gasteiger partial charge in [0, 0.05) is 28.5 Å². The first-order chi connectivity index (χ1) is 13.5. The van der Waals surface area contributed by atoms with Gasteiger partial charge in [0.15, 0.2) is 0 Å². The first kappa shape index (κ1) is 21.2. The highest BCUT2D eigenvalue weighted by atomic mass is 32.2. The molecule has 0 amide bonds. The first-order valence-electron chi connectivity index (χ1n) is 8.53. The Balaban J connectivity index is 0.000000300. The number of carbonyl (C=O) groups is 2. The third-order valence-corrected chi connectivity index (χ3v) is 4.87. The van der Waals surface area contributed by atoms with E-state index in [0.717, 1.165) is 6.54 Å². The van der Waals surface area contributed by atoms with E-state index in [1.54, 1.807) is 0 Å². The Morgan fingerprint density at radius 3 is 2.11 bits per heavy atom. The lowest BCUT2D eigenvalue weighted by molar-refractivity contribution is -0.134. The molecule has 0 aliphatic rings. The standard InChI is InChI=1S/C18H17NS.C4H4O4/c1-19-13-15-8-3-5-11-17(15)20-18-12-6-9-14-7-2-4-10-16(14)18;5-3(6)1-2-4(7)8/h2-12,19H,13H2,1H3;1-2H,(H,5,6)(H,7,8)/b;2-1-. The number of aliphatic carboxylic acids is 2. The number of hydrogen-bond acceptors (Lipinski definition) is 4. The van der Waals surface area contributed by atoms with Crippen molar-refractivity contribution < 1.29 is 19.8 Å². The number of rotatable bonds is 6. The minimum Gasteiger partial charge on any atom is -0.478 e. The van der Waals surface area contributed by atoms with E-state index in [1.807, 2.05) is 18.8 Å². The molecule has 144 valence electrons. The topological polar surface area (TPSA) is 86.6 Å². The van der Waals surface area contributed by atoms with Crippen LogP contribution >= 0.6 is 11.8 Å². The van der Waals surface area contributed by atoms with Gasteiger partial charge in [-0.3, -0.25) is 0 Å². The van der Waals surface area contributed by atoms with Crippen LogP contribution in [0, 0.1) is 0 Å². The highest BCUT2D eigenvalue weighted by molar-refractivity contribution is 7.99. The van der Waals surface area contributed by atoms with Crippen molar-refractivity contribution in [1.29, 1.82) is 0 Å². The summed E-state index contributed by atoms with van der Waals surface area (Å²) in [5, 5.41) is 21.5. The molecule has 0 saturated heterocycles. The van der Waals surface area contributed by atoms with Crippen molar-refractivity contribution >= 4 is 34.5 Å². The van der Waals surface area contributed by atoms with Crippen molar-refractivity contribution in [3.63, 3.8) is 0 Å². The molecule has 5 nitrogen and oxygen atoms in total. The molecule has 6 heteroatoms. The van der Waals surface area contributed by atoms with Crippen LogP contribution in [0.1, 0.15) is 5.56 Å². The molecule has 3 aromatic rings. The van der Waals surface area contributed by atoms with Gasteiger partial charge in [0.25, 0.3) is 0 Å². The van der Waals surface area contributed by atoms with Gasteiger partial charge in [-0.2, -0.15) is 0 Å². The van der Waals surface area contributed by atoms with Gasteiger partial charge in [0.2, 0.25) is 0 Å². The summed E-state index contributed by atoms with van der Waals surface area (Å²) in [7, 11) is 1.99. The Labute approximate surface area is 167 Å². The van der Waals surface area contributed by atoms with Crippen molar-refractivity contribution in [3.8, 4) is 0 Å². The van der Waals surface area contributed by atoms with Crippen molar-refractivity contribution in [2.24, 2.45) is 0 Å². The van der Waals surface area contributed by atoms with E-state index in [9.17, 15) is 9.59 Å². The van der Waals surface area contributed by atoms with Crippen LogP contribution < -0.4 is 5.32 Å². The second-order valence-corrected chi connectivity index (χ2v) is 6.81. The molecular formula is C22H21NO4S. The summed E-state index contributed by atoms with van der Waals surface area (Å²) in [6.07, 6.45) is 1.12. The molecule has 0 aliphatic heterocycles. The lowest BCUT2D eigenvalue weighted by Crippen LogP contribution is -2.05. The lowest BCUT2D eigenvalue weighted by Gasteiger charge is -2.10. The van der Waals surface area contributed by atoms with E-state index in [2.05, 4.69) is 72.0 Å². The van der Waals surface area contributed by atoms with E-state index in [1.165, 1.54) is 26.1 Å². The zero-order valence-electron chi connectivity index (χ0n) is 15.3. The summed E-state index contributed by atoms with van der Waals surface area (Å²) in [6, 6.07) is 23.6. The molecule has 3 rings (SSSR count). The maximum absolute atomic E-state index is 9.55. The largest absolute Gasteiger partial charge is 0.478 e. The number of fused-ring (bicyclic) bond motifs is 1. The summed E-state index contributed by atoms with van der Waals surface area (Å²) in [6.45, 7) is 0.897. The fourth-order valence-corrected chi connectivity index (χ4v) is 3.58. The fourth-order valence-electron chi connectivity index (χ4n) is 2.49. The summed E-state index contributed by atoms with van der Waals surface area (Å²) >= 11 is 1.84. The molecule has 0 radical (unpaired) electrons. The molecule has 3 N–H and O–H groups in total. The summed E-state index contributed by atoms with van der Waals surface area (Å²) < 4.78 is 0. The quantitative estimate of drug-likeness (QED) is 0.536. The summed E-state index contributed by atoms with van der Waals surface area (Å²) in [5.41, 5.74) is 1.34. The molecule has 0 unspecified atom stereocenters. The van der Waals surface area contributed by atoms with E-state index in [4.69, 9.17) is 10.2 Å². The van der Waals surface area contributed by atoms with Crippen LogP contribution in [0.15, 0.2) is 88.7 Å². The number of hydrogen-bond donors (Lipinski definition) is 3. The Kier molecular flexibility index (Phi) is 8.27. The summed E-state index contributed by atoms with van der Waals surface area (Å²) in [4.78, 5) is 21.7. The fraction of sp³-hybridized carbons (Fsp3) is 0.0909. The van der Waals surface area contributed by atoms with E-state index >= 15 is 0 Å². The summed E-state index contributed by atoms with van der Waals surface area (Å²) in [5.74, 6) is -2.51. The molecule has 0 saturated carbocycles. The molecule has 0 bridgehead atoms. The number of carboxylic acids is 2. The molecule has 28 heavy (non-hydrogen) atoms. The van der Waals surface area contributed by atoms with Crippen LogP contribution in [0.3, 0.4) is 0 Å². The maximum Gasteiger partial charge on any atom is 0.328 e. The van der Waals surface area contributed by atoms with E-state index in [0.29, 0.717) is 12.2 Å². The second-order valence-electron chi connectivity index (χ2n) is 5.73. The Morgan fingerprint density at radius 1 is 0.857 bits per heavy atom. The normalized spacial score (nSPS) is 10.5. The second kappa shape index (κ2) is 10.9. The molecule has 0 atom stereocenters. The van der Waals surface area contributed by atoms with Crippen molar-refractivity contribution in [2.75, 3.05) is 7.05 Å². The first-order valence-corrected chi connectivity index (χ1v) is 9.35. The number of carboxylic acid groups (broad SMARTS) is 2. The van der Waals surface area contributed by atoms with Crippen molar-refractivity contribution in [1.82, 2.24) is 5.32 Å². The van der Waals surface area contributed by atoms with Crippen LogP contribution in [0.4, 0.5) is 0 Å². The van der Waals surface area contributed by atoms with E-state index in [-0.39, 0.29) is 0 Å². The highest BCUT2D eigenvalue weighted by Gasteiger charge is 2.06. The van der Waals surface area contributed by atoms with Crippen LogP contribution in [-0.4, -0.2) is 29.2 Å². The predicted molar refractivity (Wildman–Crippen MR) is 112 cm³/mol. The molecule has 0 aromatic heterocycles. The average Bonchev–Trinajstić information content (AvgIpc) is 2.69. The number of benzene rings is 3. The molecular weight excluding hydrogens is 374 g/mol. The number of nitrogens with one attached hydrogen (secondary N) is 1. The highest BCUT2D eigenvalue weighted by Crippen LogP contribution is 2.35. The molecule has 0 spiro atoms. The average molecular weight is 395 g/mol. The van der Waals surface area contributed by atoms with E-state index < -0.39 is 11.9 Å². The molecule has 3 aromatic carbocycles. The Bertz CT molecular complexity index is 964. The predicted octanol–water partition coefficient (Wildman–Crippen LogP) is 4.42. The van der Waals surface area contributed by atoms with Gasteiger partial charge in [-0.05, 0) is 35.5 Å². The van der Waals surface area contributed by atoms with Gasteiger partial charge in [-0.25, -0.2) is 9.59 Å². The van der Waals surface area contributed by atoms with Gasteiger partial charge in [0.05, 0.1) is 0 Å². The zero-order valence-corrected chi connectivity index (χ0v) is 16.1. The minimum atomic E-state index is -1.26. The van der Waals surface area contributed by atoms with Gasteiger partial charge in [-0.15, -0.1) is 0 Å². The minimum absolute atomic E-state index is 0.558. The Morgan fingerprint density at radius 2 is 1.43 bits per heavy atom. The van der Waals surface area contributed by atoms with Crippen LogP contribution in [0.2, 0.25) is 0 Å². The van der Waals surface area contributed by atoms with Gasteiger partial charge in [-0.1, -0.05) is 66.4 Å². The SMILES string of the molecule is CNCc1ccccc1Sc1cccc2ccccc12.O=C(O)/C=C\C(=O)O. The van der Waals surface area contributed by atoms with Gasteiger partial charge in [0.1, 0.15) is 0 Å². The van der Waals surface area contributed by atoms with Crippen molar-refractivity contribution in [2.45, 2.75) is 16.3 Å². The smallest absolute Gasteiger partial charge is 0.328 e. The van der Waals surface area contributed by atoms with Crippen LogP contribution in [-0.2, 0) is 16.1 Å². The maximum atomic E-state index is 9.55. The zero-order chi connectivity index (χ0) is 20.4. The van der Waals surface area contributed by atoms with Crippen LogP contribution in [0.5, 0.6) is 0 Å². The molecule has 0 heterocycles. The third-order valence-electron chi connectivity index (χ3n) is 3.68. The Hall–Kier alpha value is -3.09. The molecule has 0 fully saturated rings. The monoisotopic (exact) mass is 395 g/mol. The van der Waals surface area contributed by atoms with Crippen molar-refractivity contribution in [3.05, 3.63) is 84.4 Å².